The third-order valence-corrected chi connectivity index (χ3v) is 9.63. The van der Waals surface area contributed by atoms with Crippen molar-refractivity contribution in [1.82, 2.24) is 20.1 Å². The van der Waals surface area contributed by atoms with Crippen LogP contribution in [0.25, 0.3) is 0 Å². The van der Waals surface area contributed by atoms with Crippen LogP contribution in [0.5, 0.6) is 0 Å². The molecule has 2 N–H and O–H groups in total. The highest BCUT2D eigenvalue weighted by molar-refractivity contribution is 7.09. The van der Waals surface area contributed by atoms with Crippen LogP contribution in [-0.2, 0) is 23.9 Å². The van der Waals surface area contributed by atoms with Crippen LogP contribution in [0.15, 0.2) is 5.38 Å². The lowest BCUT2D eigenvalue weighted by atomic mass is 9.91. The summed E-state index contributed by atoms with van der Waals surface area (Å²) in [6.07, 6.45) is 5.12. The molecular weight excluding hydrogens is 636 g/mol. The first-order chi connectivity index (χ1) is 22.5. The molecule has 0 saturated carbocycles. The van der Waals surface area contributed by atoms with Crippen LogP contribution in [-0.4, -0.2) is 86.6 Å². The van der Waals surface area contributed by atoms with E-state index in [1.807, 2.05) is 32.6 Å². The molecule has 2 heterocycles. The molecule has 272 valence electrons. The molecule has 2 rings (SSSR count). The van der Waals surface area contributed by atoms with Gasteiger partial charge in [-0.3, -0.25) is 19.3 Å². The summed E-state index contributed by atoms with van der Waals surface area (Å²) < 4.78 is 11.3. The number of carboxylic acid groups (broad SMARTS) is 1. The number of ether oxygens (including phenoxy) is 2. The van der Waals surface area contributed by atoms with Gasteiger partial charge in [-0.25, -0.2) is 14.6 Å². The second kappa shape index (κ2) is 19.1. The summed E-state index contributed by atoms with van der Waals surface area (Å²) in [6, 6.07) is -2.03. The first-order valence-corrected chi connectivity index (χ1v) is 18.3. The molecule has 0 aromatic carbocycles. The number of piperidine rings is 1. The number of unbranched alkanes of at least 4 members (excludes halogenated alkanes) is 3. The van der Waals surface area contributed by atoms with E-state index in [-0.39, 0.29) is 35.8 Å². The Balaban J connectivity index is 2.47. The van der Waals surface area contributed by atoms with Crippen LogP contribution in [0.2, 0.25) is 0 Å². The lowest BCUT2D eigenvalue weighted by molar-refractivity contribution is -0.149. The van der Waals surface area contributed by atoms with Gasteiger partial charge in [-0.15, -0.1) is 11.3 Å². The van der Waals surface area contributed by atoms with Crippen molar-refractivity contribution in [2.45, 2.75) is 150 Å². The smallest absolute Gasteiger partial charge is 0.410 e. The molecule has 0 aliphatic carbocycles. The van der Waals surface area contributed by atoms with Crippen molar-refractivity contribution < 1.29 is 38.6 Å². The van der Waals surface area contributed by atoms with E-state index in [0.29, 0.717) is 30.9 Å². The maximum Gasteiger partial charge on any atom is 0.410 e. The zero-order valence-electron chi connectivity index (χ0n) is 30.4. The molecule has 0 bridgehead atoms. The Labute approximate surface area is 290 Å². The molecule has 1 aromatic heterocycles. The number of nitrogens with one attached hydrogen (secondary N) is 1. The van der Waals surface area contributed by atoms with E-state index in [2.05, 4.69) is 17.2 Å². The number of thiazole rings is 1. The molecule has 0 radical (unpaired) electrons. The molecule has 1 saturated heterocycles. The number of aromatic nitrogens is 1. The van der Waals surface area contributed by atoms with Crippen LogP contribution >= 0.6 is 11.3 Å². The van der Waals surface area contributed by atoms with E-state index < -0.39 is 47.9 Å². The number of hydrogen-bond donors (Lipinski definition) is 2. The minimum atomic E-state index is -1.18. The molecule has 0 unspecified atom stereocenters. The third-order valence-electron chi connectivity index (χ3n) is 8.70. The van der Waals surface area contributed by atoms with Crippen LogP contribution in [0.3, 0.4) is 0 Å². The Morgan fingerprint density at radius 3 is 2.33 bits per heavy atom. The summed E-state index contributed by atoms with van der Waals surface area (Å²) in [5.74, 6) is -2.63. The summed E-state index contributed by atoms with van der Waals surface area (Å²) in [5.41, 5.74) is -0.851. The van der Waals surface area contributed by atoms with Gasteiger partial charge < -0.3 is 24.8 Å². The highest BCUT2D eigenvalue weighted by atomic mass is 32.1. The number of carboxylic acids is 1. The van der Waals surface area contributed by atoms with E-state index in [0.717, 1.165) is 49.9 Å². The number of nitrogens with zero attached hydrogens (tertiary/aromatic N) is 3. The number of esters is 1. The van der Waals surface area contributed by atoms with E-state index in [1.54, 1.807) is 20.8 Å². The molecular formula is C35H58N4O8S. The maximum absolute atomic E-state index is 14.7. The van der Waals surface area contributed by atoms with Crippen molar-refractivity contribution >= 4 is 41.2 Å². The van der Waals surface area contributed by atoms with Crippen molar-refractivity contribution in [1.29, 1.82) is 0 Å². The number of amides is 3. The normalized spacial score (nSPS) is 17.6. The SMILES string of the molecule is CCCCCCN(C(=O)[C@@H](NC(=O)[C@H]1CCCCN1C(=O)OC(C)(C)C)[C@@H](C)CC)[C@H](C[C@@H](OC(C)=O)c1nc(C(=O)O)cs1)C(C)C. The van der Waals surface area contributed by atoms with Gasteiger partial charge in [0.1, 0.15) is 22.7 Å². The Kier molecular flexibility index (Phi) is 16.3. The van der Waals surface area contributed by atoms with Crippen LogP contribution in [0.4, 0.5) is 4.79 Å². The molecule has 1 aliphatic heterocycles. The molecule has 5 atom stereocenters. The second-order valence-corrected chi connectivity index (χ2v) is 15.1. The highest BCUT2D eigenvalue weighted by Gasteiger charge is 2.40. The fraction of sp³-hybridized carbons (Fsp3) is 0.771. The first kappa shape index (κ1) is 41.0. The van der Waals surface area contributed by atoms with Crippen molar-refractivity contribution in [3.8, 4) is 0 Å². The second-order valence-electron chi connectivity index (χ2n) is 14.2. The third kappa shape index (κ3) is 12.3. The average molecular weight is 695 g/mol. The summed E-state index contributed by atoms with van der Waals surface area (Å²) in [7, 11) is 0. The number of hydrogen-bond acceptors (Lipinski definition) is 9. The lowest BCUT2D eigenvalue weighted by Gasteiger charge is -2.40. The monoisotopic (exact) mass is 694 g/mol. The van der Waals surface area contributed by atoms with Gasteiger partial charge in [0.2, 0.25) is 11.8 Å². The Hall–Kier alpha value is -3.22. The molecule has 48 heavy (non-hydrogen) atoms. The summed E-state index contributed by atoms with van der Waals surface area (Å²) >= 11 is 1.10. The Bertz CT molecular complexity index is 1230. The van der Waals surface area contributed by atoms with E-state index in [1.165, 1.54) is 17.2 Å². The summed E-state index contributed by atoms with van der Waals surface area (Å²) in [4.78, 5) is 73.0. The van der Waals surface area contributed by atoms with Gasteiger partial charge in [-0.05, 0) is 58.3 Å². The molecule has 0 spiro atoms. The van der Waals surface area contributed by atoms with Crippen LogP contribution in [0, 0.1) is 11.8 Å². The molecule has 1 aliphatic rings. The van der Waals surface area contributed by atoms with Gasteiger partial charge in [0.15, 0.2) is 11.8 Å². The topological polar surface area (TPSA) is 155 Å². The predicted molar refractivity (Wildman–Crippen MR) is 185 cm³/mol. The number of carbonyl (C=O) groups is 5. The van der Waals surface area contributed by atoms with Gasteiger partial charge in [-0.2, -0.15) is 0 Å². The zero-order valence-corrected chi connectivity index (χ0v) is 31.2. The molecule has 1 aromatic rings. The Morgan fingerprint density at radius 2 is 1.79 bits per heavy atom. The van der Waals surface area contributed by atoms with Crippen molar-refractivity contribution in [2.75, 3.05) is 13.1 Å². The largest absolute Gasteiger partial charge is 0.476 e. The molecule has 3 amide bonds. The van der Waals surface area contributed by atoms with Crippen LogP contribution in [0.1, 0.15) is 142 Å². The standard InChI is InChI=1S/C35H58N4O8S/c1-10-12-13-15-18-38(27(22(3)4)20-28(46-24(6)40)31-36-25(21-48-31)33(43)44)32(42)29(23(5)11-2)37-30(41)26-17-14-16-19-39(26)34(45)47-35(7,8)9/h21-23,26-29H,10-20H2,1-9H3,(H,37,41)(H,43,44)/t23-,26+,27+,28+,29-/m0/s1. The van der Waals surface area contributed by atoms with Crippen molar-refractivity contribution in [2.24, 2.45) is 11.8 Å². The number of aromatic carboxylic acids is 1. The maximum atomic E-state index is 14.7. The van der Waals surface area contributed by atoms with Crippen LogP contribution < -0.4 is 5.32 Å². The minimum Gasteiger partial charge on any atom is -0.476 e. The fourth-order valence-corrected chi connectivity index (χ4v) is 6.75. The van der Waals surface area contributed by atoms with Gasteiger partial charge >= 0.3 is 18.0 Å². The lowest BCUT2D eigenvalue weighted by Crippen LogP contribution is -2.60. The number of carbonyl (C=O) groups excluding carboxylic acids is 4. The van der Waals surface area contributed by atoms with E-state index in [4.69, 9.17) is 9.47 Å². The van der Waals surface area contributed by atoms with Gasteiger partial charge in [0.25, 0.3) is 0 Å². The quantitative estimate of drug-likeness (QED) is 0.136. The molecule has 12 nitrogen and oxygen atoms in total. The number of rotatable bonds is 17. The van der Waals surface area contributed by atoms with Crippen molar-refractivity contribution in [3.05, 3.63) is 16.1 Å². The van der Waals surface area contributed by atoms with E-state index >= 15 is 0 Å². The summed E-state index contributed by atoms with van der Waals surface area (Å²) in [6.45, 7) is 17.5. The molecule has 13 heteroatoms. The van der Waals surface area contributed by atoms with Crippen molar-refractivity contribution in [3.63, 3.8) is 0 Å². The average Bonchev–Trinajstić information content (AvgIpc) is 3.51. The highest BCUT2D eigenvalue weighted by Crippen LogP contribution is 2.32. The summed E-state index contributed by atoms with van der Waals surface area (Å²) in [5, 5.41) is 14.3. The first-order valence-electron chi connectivity index (χ1n) is 17.5. The van der Waals surface area contributed by atoms with E-state index in [9.17, 15) is 29.1 Å². The van der Waals surface area contributed by atoms with Gasteiger partial charge in [0, 0.05) is 37.9 Å². The van der Waals surface area contributed by atoms with Gasteiger partial charge in [0.05, 0.1) is 0 Å². The fourth-order valence-electron chi connectivity index (χ4n) is 5.91. The Morgan fingerprint density at radius 1 is 1.10 bits per heavy atom. The van der Waals surface area contributed by atoms with Gasteiger partial charge in [-0.1, -0.05) is 60.3 Å². The zero-order chi connectivity index (χ0) is 36.2. The minimum absolute atomic E-state index is 0.0774. The molecule has 1 fully saturated rings. The number of likely N-dealkylation sites (tertiary alicyclic amines) is 1. The predicted octanol–water partition coefficient (Wildman–Crippen LogP) is 6.59.